The Hall–Kier alpha value is -1.79. The molecule has 1 aromatic carbocycles. The van der Waals surface area contributed by atoms with Gasteiger partial charge in [0.05, 0.1) is 0 Å². The van der Waals surface area contributed by atoms with Crippen molar-refractivity contribution in [3.63, 3.8) is 0 Å². The molecule has 2 heterocycles. The molecule has 0 saturated carbocycles. The number of benzene rings is 1. The van der Waals surface area contributed by atoms with Crippen LogP contribution >= 0.6 is 23.5 Å². The zero-order valence-corrected chi connectivity index (χ0v) is 12.8. The fourth-order valence-electron chi connectivity index (χ4n) is 1.68. The van der Waals surface area contributed by atoms with Crippen LogP contribution in [0.3, 0.4) is 0 Å². The van der Waals surface area contributed by atoms with Gasteiger partial charge in [-0.25, -0.2) is 0 Å². The minimum absolute atomic E-state index is 0.538. The molecule has 3 aromatic rings. The molecule has 106 valence electrons. The van der Waals surface area contributed by atoms with Crippen molar-refractivity contribution < 1.29 is 4.42 Å². The fourth-order valence-corrected chi connectivity index (χ4v) is 3.35. The van der Waals surface area contributed by atoms with Crippen molar-refractivity contribution in [2.45, 2.75) is 10.1 Å². The topological polar surface area (TPSA) is 51.8 Å². The highest BCUT2D eigenvalue weighted by Crippen LogP contribution is 2.24. The lowest BCUT2D eigenvalue weighted by molar-refractivity contribution is 0.466. The second kappa shape index (κ2) is 7.28. The van der Waals surface area contributed by atoms with Gasteiger partial charge in [-0.05, 0) is 24.3 Å². The van der Waals surface area contributed by atoms with Gasteiger partial charge in [0.2, 0.25) is 5.89 Å². The lowest BCUT2D eigenvalue weighted by Crippen LogP contribution is -1.84. The molecule has 0 aliphatic rings. The molecule has 2 aromatic heterocycles. The summed E-state index contributed by atoms with van der Waals surface area (Å²) in [5, 5.41) is 8.71. The molecular formula is C15H13N3OS2. The number of thioether (sulfide) groups is 2. The number of rotatable bonds is 6. The minimum atomic E-state index is 0.538. The quantitative estimate of drug-likeness (QED) is 0.506. The normalized spacial score (nSPS) is 10.7. The van der Waals surface area contributed by atoms with Gasteiger partial charge in [-0.1, -0.05) is 30.0 Å². The summed E-state index contributed by atoms with van der Waals surface area (Å²) < 4.78 is 5.63. The van der Waals surface area contributed by atoms with Gasteiger partial charge in [0, 0.05) is 34.4 Å². The summed E-state index contributed by atoms with van der Waals surface area (Å²) in [7, 11) is 0. The first-order chi connectivity index (χ1) is 10.4. The van der Waals surface area contributed by atoms with Crippen LogP contribution in [0.5, 0.6) is 0 Å². The third kappa shape index (κ3) is 4.09. The van der Waals surface area contributed by atoms with E-state index in [0.29, 0.717) is 11.1 Å². The van der Waals surface area contributed by atoms with Gasteiger partial charge in [-0.15, -0.1) is 22.0 Å². The van der Waals surface area contributed by atoms with E-state index in [1.165, 1.54) is 4.90 Å². The Morgan fingerprint density at radius 1 is 0.857 bits per heavy atom. The molecule has 0 radical (unpaired) electrons. The maximum Gasteiger partial charge on any atom is 0.276 e. The Bertz CT molecular complexity index is 674. The van der Waals surface area contributed by atoms with E-state index in [0.717, 1.165) is 17.1 Å². The first-order valence-corrected chi connectivity index (χ1v) is 8.43. The first-order valence-electron chi connectivity index (χ1n) is 6.46. The Balaban J connectivity index is 1.49. The smallest absolute Gasteiger partial charge is 0.276 e. The number of pyridine rings is 1. The van der Waals surface area contributed by atoms with Crippen LogP contribution in [0, 0.1) is 0 Å². The van der Waals surface area contributed by atoms with Crippen LogP contribution in [-0.4, -0.2) is 26.7 Å². The molecule has 0 atom stereocenters. The molecule has 0 aliphatic carbocycles. The largest absolute Gasteiger partial charge is 0.411 e. The molecule has 0 amide bonds. The summed E-state index contributed by atoms with van der Waals surface area (Å²) in [6.45, 7) is 0. The van der Waals surface area contributed by atoms with Gasteiger partial charge in [0.25, 0.3) is 5.22 Å². The monoisotopic (exact) mass is 315 g/mol. The molecule has 0 bridgehead atoms. The van der Waals surface area contributed by atoms with Gasteiger partial charge < -0.3 is 4.42 Å². The number of hydrogen-bond acceptors (Lipinski definition) is 6. The van der Waals surface area contributed by atoms with E-state index in [-0.39, 0.29) is 0 Å². The predicted molar refractivity (Wildman–Crippen MR) is 85.4 cm³/mol. The summed E-state index contributed by atoms with van der Waals surface area (Å²) in [5.41, 5.74) is 0.892. The van der Waals surface area contributed by atoms with Crippen molar-refractivity contribution in [3.05, 3.63) is 54.9 Å². The highest BCUT2D eigenvalue weighted by atomic mass is 32.2. The minimum Gasteiger partial charge on any atom is -0.411 e. The van der Waals surface area contributed by atoms with Gasteiger partial charge in [-0.3, -0.25) is 4.98 Å². The average molecular weight is 315 g/mol. The highest BCUT2D eigenvalue weighted by Gasteiger charge is 2.08. The van der Waals surface area contributed by atoms with Crippen molar-refractivity contribution in [3.8, 4) is 11.5 Å². The van der Waals surface area contributed by atoms with Crippen LogP contribution in [0.1, 0.15) is 0 Å². The molecule has 0 aliphatic heterocycles. The average Bonchev–Trinajstić information content (AvgIpc) is 3.02. The van der Waals surface area contributed by atoms with Gasteiger partial charge in [-0.2, -0.15) is 0 Å². The molecule has 3 rings (SSSR count). The molecular weight excluding hydrogens is 302 g/mol. The molecule has 0 spiro atoms. The third-order valence-electron chi connectivity index (χ3n) is 2.65. The lowest BCUT2D eigenvalue weighted by Gasteiger charge is -1.99. The Kier molecular flexibility index (Phi) is 4.91. The van der Waals surface area contributed by atoms with Crippen LogP contribution < -0.4 is 0 Å². The van der Waals surface area contributed by atoms with Crippen molar-refractivity contribution in [1.82, 2.24) is 15.2 Å². The Morgan fingerprint density at radius 2 is 1.62 bits per heavy atom. The lowest BCUT2D eigenvalue weighted by atomic mass is 10.3. The summed E-state index contributed by atoms with van der Waals surface area (Å²) in [6.07, 6.45) is 3.42. The molecule has 0 unspecified atom stereocenters. The molecule has 0 fully saturated rings. The molecule has 0 saturated heterocycles. The van der Waals surface area contributed by atoms with Crippen LogP contribution in [0.2, 0.25) is 0 Å². The Labute approximate surface area is 131 Å². The van der Waals surface area contributed by atoms with Crippen LogP contribution in [0.4, 0.5) is 0 Å². The summed E-state index contributed by atoms with van der Waals surface area (Å²) in [4.78, 5) is 5.25. The van der Waals surface area contributed by atoms with E-state index in [4.69, 9.17) is 4.42 Å². The van der Waals surface area contributed by atoms with E-state index in [2.05, 4.69) is 39.4 Å². The number of aromatic nitrogens is 3. The van der Waals surface area contributed by atoms with Crippen molar-refractivity contribution in [2.75, 3.05) is 11.5 Å². The van der Waals surface area contributed by atoms with Crippen molar-refractivity contribution >= 4 is 23.5 Å². The zero-order chi connectivity index (χ0) is 14.3. The molecule has 6 heteroatoms. The molecule has 0 N–H and O–H groups in total. The number of hydrogen-bond donors (Lipinski definition) is 0. The summed E-state index contributed by atoms with van der Waals surface area (Å²) in [5.74, 6) is 2.47. The standard InChI is InChI=1S/C15H13N3OS2/c1-2-4-13(5-3-1)20-10-11-21-15-18-17-14(19-15)12-6-8-16-9-7-12/h1-9H,10-11H2. The second-order valence-electron chi connectivity index (χ2n) is 4.12. The SMILES string of the molecule is c1ccc(SCCSc2nnc(-c3ccncc3)o2)cc1. The van der Waals surface area contributed by atoms with Crippen molar-refractivity contribution in [1.29, 1.82) is 0 Å². The fraction of sp³-hybridized carbons (Fsp3) is 0.133. The van der Waals surface area contributed by atoms with E-state index in [1.807, 2.05) is 30.0 Å². The van der Waals surface area contributed by atoms with E-state index in [1.54, 1.807) is 24.2 Å². The first kappa shape index (κ1) is 14.2. The van der Waals surface area contributed by atoms with E-state index < -0.39 is 0 Å². The summed E-state index contributed by atoms with van der Waals surface area (Å²) >= 11 is 3.40. The van der Waals surface area contributed by atoms with Gasteiger partial charge >= 0.3 is 0 Å². The third-order valence-corrected chi connectivity index (χ3v) is 4.75. The Morgan fingerprint density at radius 3 is 2.43 bits per heavy atom. The maximum absolute atomic E-state index is 5.63. The number of nitrogens with zero attached hydrogens (tertiary/aromatic N) is 3. The molecule has 21 heavy (non-hydrogen) atoms. The van der Waals surface area contributed by atoms with Crippen LogP contribution in [0.25, 0.3) is 11.5 Å². The van der Waals surface area contributed by atoms with Crippen molar-refractivity contribution in [2.24, 2.45) is 0 Å². The molecule has 4 nitrogen and oxygen atoms in total. The zero-order valence-electron chi connectivity index (χ0n) is 11.2. The van der Waals surface area contributed by atoms with Gasteiger partial charge in [0.15, 0.2) is 0 Å². The van der Waals surface area contributed by atoms with E-state index >= 15 is 0 Å². The summed E-state index contributed by atoms with van der Waals surface area (Å²) in [6, 6.07) is 14.1. The predicted octanol–water partition coefficient (Wildman–Crippen LogP) is 4.02. The van der Waals surface area contributed by atoms with Crippen LogP contribution in [-0.2, 0) is 0 Å². The van der Waals surface area contributed by atoms with Crippen LogP contribution in [0.15, 0.2) is 69.4 Å². The second-order valence-corrected chi connectivity index (χ2v) is 6.33. The van der Waals surface area contributed by atoms with Gasteiger partial charge in [0.1, 0.15) is 0 Å². The van der Waals surface area contributed by atoms with E-state index in [9.17, 15) is 0 Å². The maximum atomic E-state index is 5.63. The highest BCUT2D eigenvalue weighted by molar-refractivity contribution is 8.02.